The second-order valence-electron chi connectivity index (χ2n) is 5.47. The van der Waals surface area contributed by atoms with Crippen molar-refractivity contribution in [3.8, 4) is 11.5 Å². The van der Waals surface area contributed by atoms with Gasteiger partial charge in [0.25, 0.3) is 5.91 Å². The van der Waals surface area contributed by atoms with Crippen LogP contribution in [0.25, 0.3) is 10.9 Å². The van der Waals surface area contributed by atoms with Crippen molar-refractivity contribution in [3.63, 3.8) is 0 Å². The van der Waals surface area contributed by atoms with Gasteiger partial charge in [0.05, 0.1) is 11.7 Å². The second-order valence-corrected chi connectivity index (χ2v) is 5.47. The summed E-state index contributed by atoms with van der Waals surface area (Å²) < 4.78 is 11.6. The molecule has 3 aromatic rings. The molecule has 0 radical (unpaired) electrons. The maximum absolute atomic E-state index is 12.5. The molecule has 0 bridgehead atoms. The molecular formula is C17H15N3O3. The number of amides is 1. The monoisotopic (exact) mass is 309 g/mol. The first-order valence-corrected chi connectivity index (χ1v) is 7.37. The topological polar surface area (TPSA) is 76.2 Å². The molecule has 0 spiro atoms. The highest BCUT2D eigenvalue weighted by Crippen LogP contribution is 2.33. The number of aromatic amines is 1. The number of fused-ring (bicyclic) bond motifs is 2. The normalized spacial score (nSPS) is 19.5. The molecule has 2 aromatic carbocycles. The summed E-state index contributed by atoms with van der Waals surface area (Å²) in [6.07, 6.45) is 0.636. The Morgan fingerprint density at radius 2 is 1.96 bits per heavy atom. The highest BCUT2D eigenvalue weighted by atomic mass is 16.6. The molecular weight excluding hydrogens is 294 g/mol. The molecule has 116 valence electrons. The molecule has 2 N–H and O–H groups in total. The Kier molecular flexibility index (Phi) is 3.15. The van der Waals surface area contributed by atoms with Gasteiger partial charge in [-0.3, -0.25) is 9.89 Å². The van der Waals surface area contributed by atoms with Crippen molar-refractivity contribution in [2.45, 2.75) is 19.1 Å². The molecule has 1 aromatic heterocycles. The maximum atomic E-state index is 12.5. The number of aromatic nitrogens is 2. The van der Waals surface area contributed by atoms with Gasteiger partial charge in [-0.2, -0.15) is 5.10 Å². The highest BCUT2D eigenvalue weighted by Gasteiger charge is 2.34. The average Bonchev–Trinajstić information content (AvgIpc) is 3.01. The first kappa shape index (κ1) is 13.6. The molecule has 0 saturated heterocycles. The van der Waals surface area contributed by atoms with Gasteiger partial charge >= 0.3 is 0 Å². The molecule has 23 heavy (non-hydrogen) atoms. The number of anilines is 1. The van der Waals surface area contributed by atoms with Crippen LogP contribution in [0, 0.1) is 0 Å². The summed E-state index contributed by atoms with van der Waals surface area (Å²) in [6, 6.07) is 12.9. The summed E-state index contributed by atoms with van der Waals surface area (Å²) in [6.45, 7) is 1.82. The van der Waals surface area contributed by atoms with E-state index in [4.69, 9.17) is 9.47 Å². The van der Waals surface area contributed by atoms with Crippen LogP contribution in [-0.4, -0.2) is 28.3 Å². The summed E-state index contributed by atoms with van der Waals surface area (Å²) in [5.41, 5.74) is 1.61. The number of H-pyrrole nitrogens is 1. The quantitative estimate of drug-likeness (QED) is 0.763. The molecule has 2 atom stereocenters. The summed E-state index contributed by atoms with van der Waals surface area (Å²) in [5.74, 6) is 0.995. The molecule has 1 amide bonds. The van der Waals surface area contributed by atoms with Crippen LogP contribution in [0.2, 0.25) is 0 Å². The van der Waals surface area contributed by atoms with Gasteiger partial charge in [0.2, 0.25) is 6.10 Å². The number of carbonyl (C=O) groups is 1. The Hall–Kier alpha value is -3.02. The van der Waals surface area contributed by atoms with Crippen LogP contribution < -0.4 is 14.8 Å². The number of hydrogen-bond donors (Lipinski definition) is 2. The van der Waals surface area contributed by atoms with E-state index >= 15 is 0 Å². The SMILES string of the molecule is C[C@H]1Oc2ccccc2O[C@H]1C(=O)Nc1ccc2[nH]ncc2c1. The van der Waals surface area contributed by atoms with E-state index in [0.29, 0.717) is 17.2 Å². The Balaban J connectivity index is 1.54. The van der Waals surface area contributed by atoms with E-state index in [1.54, 1.807) is 12.3 Å². The lowest BCUT2D eigenvalue weighted by Crippen LogP contribution is -2.46. The number of rotatable bonds is 2. The van der Waals surface area contributed by atoms with Crippen LogP contribution in [0.15, 0.2) is 48.7 Å². The van der Waals surface area contributed by atoms with Crippen LogP contribution in [0.4, 0.5) is 5.69 Å². The summed E-state index contributed by atoms with van der Waals surface area (Å²) in [7, 11) is 0. The van der Waals surface area contributed by atoms with Crippen LogP contribution in [0.1, 0.15) is 6.92 Å². The van der Waals surface area contributed by atoms with Crippen molar-refractivity contribution >= 4 is 22.5 Å². The van der Waals surface area contributed by atoms with Crippen LogP contribution in [-0.2, 0) is 4.79 Å². The fourth-order valence-corrected chi connectivity index (χ4v) is 2.64. The predicted molar refractivity (Wildman–Crippen MR) is 85.7 cm³/mol. The molecule has 4 rings (SSSR count). The number of para-hydroxylation sites is 2. The lowest BCUT2D eigenvalue weighted by molar-refractivity contribution is -0.128. The van der Waals surface area contributed by atoms with E-state index in [1.807, 2.05) is 43.3 Å². The van der Waals surface area contributed by atoms with Crippen molar-refractivity contribution in [2.75, 3.05) is 5.32 Å². The zero-order valence-corrected chi connectivity index (χ0v) is 12.4. The van der Waals surface area contributed by atoms with Crippen molar-refractivity contribution in [3.05, 3.63) is 48.7 Å². The van der Waals surface area contributed by atoms with Crippen molar-refractivity contribution in [2.24, 2.45) is 0 Å². The number of carbonyl (C=O) groups excluding carboxylic acids is 1. The van der Waals surface area contributed by atoms with Gasteiger partial charge in [0.15, 0.2) is 11.5 Å². The van der Waals surface area contributed by atoms with E-state index in [2.05, 4.69) is 15.5 Å². The summed E-state index contributed by atoms with van der Waals surface area (Å²) in [4.78, 5) is 12.5. The van der Waals surface area contributed by atoms with Crippen molar-refractivity contribution < 1.29 is 14.3 Å². The average molecular weight is 309 g/mol. The third-order valence-electron chi connectivity index (χ3n) is 3.81. The number of nitrogens with one attached hydrogen (secondary N) is 2. The molecule has 0 aliphatic carbocycles. The van der Waals surface area contributed by atoms with Crippen molar-refractivity contribution in [1.82, 2.24) is 10.2 Å². The van der Waals surface area contributed by atoms with Gasteiger partial charge < -0.3 is 14.8 Å². The predicted octanol–water partition coefficient (Wildman–Crippen LogP) is 2.73. The third kappa shape index (κ3) is 2.48. The van der Waals surface area contributed by atoms with E-state index in [0.717, 1.165) is 10.9 Å². The molecule has 1 aliphatic rings. The molecule has 0 saturated carbocycles. The van der Waals surface area contributed by atoms with Crippen LogP contribution in [0.3, 0.4) is 0 Å². The molecule has 1 aliphatic heterocycles. The lowest BCUT2D eigenvalue weighted by atomic mass is 10.1. The van der Waals surface area contributed by atoms with Gasteiger partial charge in [-0.1, -0.05) is 12.1 Å². The maximum Gasteiger partial charge on any atom is 0.269 e. The van der Waals surface area contributed by atoms with E-state index in [9.17, 15) is 4.79 Å². The standard InChI is InChI=1S/C17H15N3O3/c1-10-16(23-15-5-3-2-4-14(15)22-10)17(21)19-12-6-7-13-11(8-12)9-18-20-13/h2-10,16H,1H3,(H,18,20)(H,19,21)/t10-,16-/m1/s1. The molecule has 0 unspecified atom stereocenters. The molecule has 0 fully saturated rings. The number of benzene rings is 2. The minimum absolute atomic E-state index is 0.241. The lowest BCUT2D eigenvalue weighted by Gasteiger charge is -2.31. The Morgan fingerprint density at radius 3 is 2.78 bits per heavy atom. The number of hydrogen-bond acceptors (Lipinski definition) is 4. The Bertz CT molecular complexity index is 874. The summed E-state index contributed by atoms with van der Waals surface area (Å²) >= 11 is 0. The van der Waals surface area contributed by atoms with E-state index in [1.165, 1.54) is 0 Å². The number of ether oxygens (including phenoxy) is 2. The largest absolute Gasteiger partial charge is 0.482 e. The second kappa shape index (κ2) is 5.31. The zero-order valence-electron chi connectivity index (χ0n) is 12.4. The minimum atomic E-state index is -0.704. The fraction of sp³-hybridized carbons (Fsp3) is 0.176. The van der Waals surface area contributed by atoms with E-state index in [-0.39, 0.29) is 12.0 Å². The first-order valence-electron chi connectivity index (χ1n) is 7.37. The molecule has 6 heteroatoms. The van der Waals surface area contributed by atoms with Crippen LogP contribution >= 0.6 is 0 Å². The third-order valence-corrected chi connectivity index (χ3v) is 3.81. The van der Waals surface area contributed by atoms with Gasteiger partial charge in [0.1, 0.15) is 6.10 Å². The highest BCUT2D eigenvalue weighted by molar-refractivity contribution is 5.97. The van der Waals surface area contributed by atoms with Gasteiger partial charge in [-0.05, 0) is 37.3 Å². The number of nitrogens with zero attached hydrogens (tertiary/aromatic N) is 1. The zero-order chi connectivity index (χ0) is 15.8. The minimum Gasteiger partial charge on any atom is -0.482 e. The summed E-state index contributed by atoms with van der Waals surface area (Å²) in [5, 5.41) is 10.6. The first-order chi connectivity index (χ1) is 11.2. The Labute approximate surface area is 132 Å². The molecule has 2 heterocycles. The fourth-order valence-electron chi connectivity index (χ4n) is 2.64. The van der Waals surface area contributed by atoms with E-state index < -0.39 is 6.10 Å². The smallest absolute Gasteiger partial charge is 0.269 e. The molecule has 6 nitrogen and oxygen atoms in total. The van der Waals surface area contributed by atoms with Gasteiger partial charge in [-0.15, -0.1) is 0 Å². The Morgan fingerprint density at radius 1 is 1.17 bits per heavy atom. The van der Waals surface area contributed by atoms with Gasteiger partial charge in [-0.25, -0.2) is 0 Å². The van der Waals surface area contributed by atoms with Gasteiger partial charge in [0, 0.05) is 11.1 Å². The van der Waals surface area contributed by atoms with Crippen LogP contribution in [0.5, 0.6) is 11.5 Å². The van der Waals surface area contributed by atoms with Crippen molar-refractivity contribution in [1.29, 1.82) is 0 Å².